The normalized spacial score (nSPS) is 18.2. The van der Waals surface area contributed by atoms with Gasteiger partial charge in [0.15, 0.2) is 0 Å². The third-order valence-corrected chi connectivity index (χ3v) is 4.90. The van der Waals surface area contributed by atoms with E-state index in [1.54, 1.807) is 24.9 Å². The Morgan fingerprint density at radius 1 is 1.41 bits per heavy atom. The highest BCUT2D eigenvalue weighted by molar-refractivity contribution is 7.13. The quantitative estimate of drug-likeness (QED) is 0.688. The average molecular weight is 402 g/mol. The van der Waals surface area contributed by atoms with E-state index in [1.807, 2.05) is 27.7 Å². The molecule has 27 heavy (non-hydrogen) atoms. The van der Waals surface area contributed by atoms with Crippen LogP contribution in [0.2, 0.25) is 0 Å². The summed E-state index contributed by atoms with van der Waals surface area (Å²) in [7, 11) is 0. The number of hydrogen-bond donors (Lipinski definition) is 0. The number of rotatable bonds is 7. The van der Waals surface area contributed by atoms with Gasteiger partial charge in [-0.1, -0.05) is 18.3 Å². The van der Waals surface area contributed by atoms with Gasteiger partial charge in [-0.2, -0.15) is 0 Å². The van der Waals surface area contributed by atoms with Crippen LogP contribution in [0.4, 0.5) is 9.18 Å². The van der Waals surface area contributed by atoms with Crippen molar-refractivity contribution in [3.63, 3.8) is 0 Å². The molecule has 0 aromatic carbocycles. The van der Waals surface area contributed by atoms with E-state index in [4.69, 9.17) is 9.47 Å². The highest BCUT2D eigenvalue weighted by Gasteiger charge is 2.31. The van der Waals surface area contributed by atoms with Gasteiger partial charge in [-0.05, 0) is 41.2 Å². The summed E-state index contributed by atoms with van der Waals surface area (Å²) in [5.74, 6) is 0. The Labute approximate surface area is 165 Å². The van der Waals surface area contributed by atoms with Crippen LogP contribution in [0, 0.1) is 0 Å². The molecule has 1 aliphatic rings. The number of aromatic nitrogens is 1. The predicted molar refractivity (Wildman–Crippen MR) is 105 cm³/mol. The van der Waals surface area contributed by atoms with E-state index in [-0.39, 0.29) is 12.2 Å². The molecule has 1 aromatic heterocycles. The van der Waals surface area contributed by atoms with Crippen molar-refractivity contribution in [2.75, 3.05) is 26.2 Å². The van der Waals surface area contributed by atoms with Crippen molar-refractivity contribution in [2.45, 2.75) is 71.9 Å². The molecule has 0 spiro atoms. The van der Waals surface area contributed by atoms with Crippen molar-refractivity contribution in [1.29, 1.82) is 0 Å². The van der Waals surface area contributed by atoms with Gasteiger partial charge < -0.3 is 14.4 Å². The molecule has 1 aromatic rings. The van der Waals surface area contributed by atoms with Crippen LogP contribution in [0.15, 0.2) is 6.20 Å². The summed E-state index contributed by atoms with van der Waals surface area (Å²) >= 11 is 1.48. The highest BCUT2D eigenvalue weighted by atomic mass is 32.1. The smallest absolute Gasteiger partial charge is 0.410 e. The van der Waals surface area contributed by atoms with Crippen LogP contribution >= 0.6 is 11.3 Å². The lowest BCUT2D eigenvalue weighted by atomic mass is 10.1. The van der Waals surface area contributed by atoms with Crippen LogP contribution in [0.5, 0.6) is 5.19 Å². The van der Waals surface area contributed by atoms with Crippen molar-refractivity contribution < 1.29 is 18.7 Å². The fraction of sp³-hybridized carbons (Fsp3) is 0.789. The van der Waals surface area contributed by atoms with Gasteiger partial charge in [0.2, 0.25) is 0 Å². The number of alkyl halides is 1. The van der Waals surface area contributed by atoms with E-state index >= 15 is 0 Å². The van der Waals surface area contributed by atoms with E-state index in [1.165, 1.54) is 11.3 Å². The summed E-state index contributed by atoms with van der Waals surface area (Å²) in [6, 6.07) is 0. The Balaban J connectivity index is 1.85. The molecule has 1 fully saturated rings. The molecule has 0 saturated carbocycles. The van der Waals surface area contributed by atoms with Crippen LogP contribution in [-0.4, -0.2) is 64.4 Å². The first-order valence-electron chi connectivity index (χ1n) is 9.46. The molecule has 1 aliphatic heterocycles. The fourth-order valence-corrected chi connectivity index (χ4v) is 3.77. The number of thiazole rings is 1. The third kappa shape index (κ3) is 7.62. The first-order chi connectivity index (χ1) is 12.4. The number of hydrogen-bond acceptors (Lipinski definition) is 6. The van der Waals surface area contributed by atoms with Gasteiger partial charge in [-0.15, -0.1) is 0 Å². The summed E-state index contributed by atoms with van der Waals surface area (Å²) in [5, 5.41) is 0.594. The van der Waals surface area contributed by atoms with Crippen LogP contribution in [-0.2, 0) is 11.3 Å². The van der Waals surface area contributed by atoms with E-state index in [2.05, 4.69) is 9.88 Å². The Kier molecular flexibility index (Phi) is 7.08. The molecule has 6 nitrogen and oxygen atoms in total. The number of halogens is 1. The molecular weight excluding hydrogens is 369 g/mol. The molecule has 154 valence electrons. The van der Waals surface area contributed by atoms with Gasteiger partial charge >= 0.3 is 6.09 Å². The molecule has 0 radical (unpaired) electrons. The zero-order valence-electron chi connectivity index (χ0n) is 17.2. The lowest BCUT2D eigenvalue weighted by Gasteiger charge is -2.25. The van der Waals surface area contributed by atoms with Crippen molar-refractivity contribution in [3.05, 3.63) is 11.1 Å². The molecule has 0 bridgehead atoms. The van der Waals surface area contributed by atoms with E-state index in [0.29, 0.717) is 31.4 Å². The molecule has 2 rings (SSSR count). The monoisotopic (exact) mass is 401 g/mol. The molecule has 0 unspecified atom stereocenters. The van der Waals surface area contributed by atoms with Gasteiger partial charge in [0.1, 0.15) is 17.4 Å². The second-order valence-corrected chi connectivity index (χ2v) is 9.65. The number of nitrogens with zero attached hydrogens (tertiary/aromatic N) is 3. The van der Waals surface area contributed by atoms with Crippen LogP contribution in [0.3, 0.4) is 0 Å². The third-order valence-electron chi connectivity index (χ3n) is 4.02. The lowest BCUT2D eigenvalue weighted by molar-refractivity contribution is 0.0275. The largest absolute Gasteiger partial charge is 0.465 e. The molecule has 0 N–H and O–H groups in total. The van der Waals surface area contributed by atoms with E-state index < -0.39 is 11.3 Å². The fourth-order valence-electron chi connectivity index (χ4n) is 2.91. The summed E-state index contributed by atoms with van der Waals surface area (Å²) in [4.78, 5) is 21.2. The summed E-state index contributed by atoms with van der Waals surface area (Å²) in [6.45, 7) is 13.7. The van der Waals surface area contributed by atoms with Crippen molar-refractivity contribution in [3.8, 4) is 5.19 Å². The summed E-state index contributed by atoms with van der Waals surface area (Å²) in [6.07, 6.45) is 2.16. The summed E-state index contributed by atoms with van der Waals surface area (Å²) in [5.41, 5.74) is -1.73. The molecule has 0 aliphatic carbocycles. The van der Waals surface area contributed by atoms with Crippen molar-refractivity contribution >= 4 is 17.4 Å². The maximum atomic E-state index is 13.9. The molecule has 1 atom stereocenters. The Bertz CT molecular complexity index is 624. The minimum atomic E-state index is -1.23. The van der Waals surface area contributed by atoms with Gasteiger partial charge in [-0.25, -0.2) is 14.2 Å². The molecule has 1 saturated heterocycles. The minimum absolute atomic E-state index is 0.0800. The number of carbonyl (C=O) groups excluding carboxylic acids is 1. The highest BCUT2D eigenvalue weighted by Crippen LogP contribution is 2.26. The van der Waals surface area contributed by atoms with Crippen LogP contribution < -0.4 is 4.74 Å². The van der Waals surface area contributed by atoms with Crippen LogP contribution in [0.25, 0.3) is 0 Å². The second kappa shape index (κ2) is 8.73. The zero-order valence-corrected chi connectivity index (χ0v) is 18.1. The SMILES string of the molecule is CCN(Cc1cnc(O[C@@H]2CCN(C(=O)OC(C)(C)C)C2)s1)CC(C)(C)F. The maximum Gasteiger partial charge on any atom is 0.410 e. The van der Waals surface area contributed by atoms with Gasteiger partial charge in [0, 0.05) is 37.1 Å². The molecule has 8 heteroatoms. The van der Waals surface area contributed by atoms with Gasteiger partial charge in [-0.3, -0.25) is 4.90 Å². The number of amides is 1. The average Bonchev–Trinajstić information content (AvgIpc) is 3.13. The lowest BCUT2D eigenvalue weighted by Crippen LogP contribution is -2.36. The zero-order chi connectivity index (χ0) is 20.2. The molecular formula is C19H32FN3O3S. The number of carbonyl (C=O) groups is 1. The minimum Gasteiger partial charge on any atom is -0.465 e. The summed E-state index contributed by atoms with van der Waals surface area (Å²) < 4.78 is 25.2. The molecule has 2 heterocycles. The van der Waals surface area contributed by atoms with E-state index in [0.717, 1.165) is 17.8 Å². The van der Waals surface area contributed by atoms with Crippen molar-refractivity contribution in [1.82, 2.24) is 14.8 Å². The number of ether oxygens (including phenoxy) is 2. The van der Waals surface area contributed by atoms with Crippen LogP contribution in [0.1, 0.15) is 52.8 Å². The van der Waals surface area contributed by atoms with Gasteiger partial charge in [0.25, 0.3) is 5.19 Å². The topological polar surface area (TPSA) is 54.9 Å². The maximum absolute atomic E-state index is 13.9. The Morgan fingerprint density at radius 2 is 2.11 bits per heavy atom. The first-order valence-corrected chi connectivity index (χ1v) is 10.3. The van der Waals surface area contributed by atoms with E-state index in [9.17, 15) is 9.18 Å². The predicted octanol–water partition coefficient (Wildman–Crippen LogP) is 4.10. The van der Waals surface area contributed by atoms with Crippen molar-refractivity contribution in [2.24, 2.45) is 0 Å². The molecule has 1 amide bonds. The Hall–Kier alpha value is -1.41. The second-order valence-electron chi connectivity index (χ2n) is 8.57. The standard InChI is InChI=1S/C19H32FN3O3S/c1-7-22(13-19(5,6)20)12-15-10-21-16(27-15)25-14-8-9-23(11-14)17(24)26-18(2,3)4/h10,14H,7-9,11-13H2,1-6H3/t14-/m1/s1. The first kappa shape index (κ1) is 21.9. The Morgan fingerprint density at radius 3 is 2.70 bits per heavy atom. The number of likely N-dealkylation sites (tertiary alicyclic amines) is 1. The van der Waals surface area contributed by atoms with Gasteiger partial charge in [0.05, 0.1) is 6.54 Å².